The molecule has 7 nitrogen and oxygen atoms in total. The molecule has 1 aliphatic heterocycles. The number of nitrogens with zero attached hydrogens (tertiary/aromatic N) is 3. The number of guanidine groups is 1. The third-order valence-electron chi connectivity index (χ3n) is 5.44. The van der Waals surface area contributed by atoms with Crippen molar-refractivity contribution >= 4 is 11.9 Å². The zero-order valence-corrected chi connectivity index (χ0v) is 17.9. The molecule has 1 N–H and O–H groups in total. The van der Waals surface area contributed by atoms with Crippen molar-refractivity contribution in [2.75, 3.05) is 26.7 Å². The highest BCUT2D eigenvalue weighted by molar-refractivity contribution is 5.82. The quantitative estimate of drug-likeness (QED) is 0.448. The van der Waals surface area contributed by atoms with Gasteiger partial charge in [0.05, 0.1) is 26.1 Å². The Kier molecular flexibility index (Phi) is 7.27. The Balaban J connectivity index is 1.66. The third kappa shape index (κ3) is 5.28. The summed E-state index contributed by atoms with van der Waals surface area (Å²) in [5, 5.41) is 3.33. The average Bonchev–Trinajstić information content (AvgIpc) is 3.14. The number of likely N-dealkylation sites (tertiary alicyclic amines) is 1. The molecule has 2 aromatic rings. The van der Waals surface area contributed by atoms with Gasteiger partial charge in [0.2, 0.25) is 0 Å². The molecular formula is C23H30N4O3. The zero-order valence-electron chi connectivity index (χ0n) is 17.9. The van der Waals surface area contributed by atoms with Gasteiger partial charge in [0.25, 0.3) is 5.56 Å². The van der Waals surface area contributed by atoms with Crippen LogP contribution in [-0.2, 0) is 22.6 Å². The Morgan fingerprint density at radius 1 is 1.17 bits per heavy atom. The molecule has 0 amide bonds. The molecule has 0 saturated carbocycles. The highest BCUT2D eigenvalue weighted by Gasteiger charge is 2.36. The van der Waals surface area contributed by atoms with E-state index in [2.05, 4.69) is 17.1 Å². The first-order valence-electron chi connectivity index (χ1n) is 10.4. The number of carbonyl (C=O) groups is 1. The minimum atomic E-state index is -0.158. The summed E-state index contributed by atoms with van der Waals surface area (Å²) in [6.07, 6.45) is 1.79. The molecule has 1 saturated heterocycles. The molecule has 2 atom stereocenters. The first-order valence-corrected chi connectivity index (χ1v) is 10.4. The summed E-state index contributed by atoms with van der Waals surface area (Å²) >= 11 is 0. The summed E-state index contributed by atoms with van der Waals surface area (Å²) in [6.45, 7) is 7.35. The van der Waals surface area contributed by atoms with Crippen molar-refractivity contribution in [1.29, 1.82) is 0 Å². The first kappa shape index (κ1) is 21.6. The molecule has 30 heavy (non-hydrogen) atoms. The molecule has 0 aliphatic carbocycles. The normalized spacial score (nSPS) is 19.0. The summed E-state index contributed by atoms with van der Waals surface area (Å²) < 4.78 is 6.62. The minimum absolute atomic E-state index is 0.00782. The number of rotatable bonds is 6. The van der Waals surface area contributed by atoms with Gasteiger partial charge in [-0.25, -0.2) is 4.99 Å². The zero-order chi connectivity index (χ0) is 21.5. The summed E-state index contributed by atoms with van der Waals surface area (Å²) in [6, 6.07) is 13.3. The van der Waals surface area contributed by atoms with Crippen molar-refractivity contribution in [1.82, 2.24) is 14.8 Å². The molecule has 0 bridgehead atoms. The van der Waals surface area contributed by atoms with Gasteiger partial charge >= 0.3 is 5.97 Å². The number of esters is 1. The Morgan fingerprint density at radius 3 is 2.57 bits per heavy atom. The number of pyridine rings is 1. The van der Waals surface area contributed by atoms with Crippen LogP contribution in [0.2, 0.25) is 0 Å². The highest BCUT2D eigenvalue weighted by atomic mass is 16.5. The van der Waals surface area contributed by atoms with E-state index in [0.29, 0.717) is 19.6 Å². The Hall–Kier alpha value is -3.09. The molecule has 2 unspecified atom stereocenters. The van der Waals surface area contributed by atoms with Crippen molar-refractivity contribution in [3.05, 3.63) is 70.1 Å². The lowest BCUT2D eigenvalue weighted by Gasteiger charge is -2.21. The van der Waals surface area contributed by atoms with Crippen LogP contribution in [0.5, 0.6) is 0 Å². The lowest BCUT2D eigenvalue weighted by Crippen LogP contribution is -2.40. The number of carbonyl (C=O) groups excluding carboxylic acids is 1. The van der Waals surface area contributed by atoms with Gasteiger partial charge in [-0.3, -0.25) is 9.59 Å². The van der Waals surface area contributed by atoms with Gasteiger partial charge in [-0.05, 0) is 30.0 Å². The number of nitrogens with one attached hydrogen (secondary N) is 1. The maximum Gasteiger partial charge on any atom is 0.310 e. The van der Waals surface area contributed by atoms with E-state index in [1.54, 1.807) is 22.9 Å². The predicted molar refractivity (Wildman–Crippen MR) is 117 cm³/mol. The lowest BCUT2D eigenvalue weighted by molar-refractivity contribution is -0.145. The van der Waals surface area contributed by atoms with Gasteiger partial charge in [0, 0.05) is 31.9 Å². The maximum atomic E-state index is 12.0. The largest absolute Gasteiger partial charge is 0.469 e. The fourth-order valence-corrected chi connectivity index (χ4v) is 3.73. The molecule has 0 radical (unpaired) electrons. The van der Waals surface area contributed by atoms with Crippen LogP contribution >= 0.6 is 0 Å². The van der Waals surface area contributed by atoms with Crippen LogP contribution < -0.4 is 10.9 Å². The summed E-state index contributed by atoms with van der Waals surface area (Å²) in [5.74, 6) is 0.756. The van der Waals surface area contributed by atoms with Gasteiger partial charge in [-0.1, -0.05) is 37.3 Å². The van der Waals surface area contributed by atoms with Gasteiger partial charge in [0.1, 0.15) is 0 Å². The van der Waals surface area contributed by atoms with Gasteiger partial charge < -0.3 is 19.5 Å². The highest BCUT2D eigenvalue weighted by Crippen LogP contribution is 2.24. The first-order chi connectivity index (χ1) is 14.5. The molecule has 7 heteroatoms. The number of ether oxygens (including phenoxy) is 1. The topological polar surface area (TPSA) is 75.9 Å². The second-order valence-electron chi connectivity index (χ2n) is 7.67. The lowest BCUT2D eigenvalue weighted by atomic mass is 9.99. The smallest absolute Gasteiger partial charge is 0.310 e. The molecule has 2 heterocycles. The Labute approximate surface area is 177 Å². The van der Waals surface area contributed by atoms with Crippen LogP contribution in [0.25, 0.3) is 0 Å². The van der Waals surface area contributed by atoms with Crippen LogP contribution in [0.4, 0.5) is 0 Å². The molecule has 1 aliphatic rings. The van der Waals surface area contributed by atoms with Crippen molar-refractivity contribution in [3.8, 4) is 0 Å². The van der Waals surface area contributed by atoms with E-state index in [4.69, 9.17) is 9.73 Å². The SMILES string of the molecule is CCNC(=NCc1ccc(Cn2ccccc2=O)cc1)N1CC(C)C(C(=O)OC)C1. The summed E-state index contributed by atoms with van der Waals surface area (Å²) in [4.78, 5) is 30.8. The van der Waals surface area contributed by atoms with E-state index < -0.39 is 0 Å². The van der Waals surface area contributed by atoms with Crippen molar-refractivity contribution in [2.24, 2.45) is 16.8 Å². The Morgan fingerprint density at radius 2 is 1.90 bits per heavy atom. The van der Waals surface area contributed by atoms with Crippen molar-refractivity contribution in [2.45, 2.75) is 26.9 Å². The number of benzene rings is 1. The minimum Gasteiger partial charge on any atom is -0.469 e. The van der Waals surface area contributed by atoms with Crippen LogP contribution in [-0.4, -0.2) is 48.1 Å². The van der Waals surface area contributed by atoms with E-state index in [9.17, 15) is 9.59 Å². The van der Waals surface area contributed by atoms with Crippen molar-refractivity contribution in [3.63, 3.8) is 0 Å². The van der Waals surface area contributed by atoms with E-state index in [0.717, 1.165) is 30.2 Å². The standard InChI is InChI=1S/C23H30N4O3/c1-4-24-23(27-14-17(2)20(16-27)22(29)30-3)25-13-18-8-10-19(11-9-18)15-26-12-6-5-7-21(26)28/h5-12,17,20H,4,13-16H2,1-3H3,(H,24,25). The predicted octanol–water partition coefficient (Wildman–Crippen LogP) is 2.10. The fraction of sp³-hybridized carbons (Fsp3) is 0.435. The number of aromatic nitrogens is 1. The van der Waals surface area contributed by atoms with Crippen molar-refractivity contribution < 1.29 is 9.53 Å². The number of aliphatic imine (C=N–C) groups is 1. The molecule has 3 rings (SSSR count). The van der Waals surface area contributed by atoms with Gasteiger partial charge in [-0.2, -0.15) is 0 Å². The Bertz CT molecular complexity index is 936. The van der Waals surface area contributed by atoms with E-state index in [1.807, 2.05) is 37.3 Å². The van der Waals surface area contributed by atoms with Crippen LogP contribution in [0.1, 0.15) is 25.0 Å². The molecular weight excluding hydrogens is 380 g/mol. The van der Waals surface area contributed by atoms with Crippen LogP contribution in [0, 0.1) is 11.8 Å². The maximum absolute atomic E-state index is 12.0. The van der Waals surface area contributed by atoms with Gasteiger partial charge in [0.15, 0.2) is 5.96 Å². The second kappa shape index (κ2) is 10.1. The van der Waals surface area contributed by atoms with E-state index >= 15 is 0 Å². The summed E-state index contributed by atoms with van der Waals surface area (Å²) in [7, 11) is 1.44. The fourth-order valence-electron chi connectivity index (χ4n) is 3.73. The molecule has 1 aromatic heterocycles. The van der Waals surface area contributed by atoms with E-state index in [-0.39, 0.29) is 23.4 Å². The molecule has 1 fully saturated rings. The van der Waals surface area contributed by atoms with E-state index in [1.165, 1.54) is 7.11 Å². The third-order valence-corrected chi connectivity index (χ3v) is 5.44. The number of methoxy groups -OCH3 is 1. The number of hydrogen-bond donors (Lipinski definition) is 1. The van der Waals surface area contributed by atoms with Crippen LogP contribution in [0.15, 0.2) is 58.4 Å². The van der Waals surface area contributed by atoms with Gasteiger partial charge in [-0.15, -0.1) is 0 Å². The summed E-state index contributed by atoms with van der Waals surface area (Å²) in [5.41, 5.74) is 2.15. The molecule has 1 aromatic carbocycles. The molecule has 160 valence electrons. The number of hydrogen-bond acceptors (Lipinski definition) is 4. The van der Waals surface area contributed by atoms with Crippen LogP contribution in [0.3, 0.4) is 0 Å². The monoisotopic (exact) mass is 410 g/mol. The second-order valence-corrected chi connectivity index (χ2v) is 7.67. The average molecular weight is 411 g/mol. The molecule has 0 spiro atoms.